The van der Waals surface area contributed by atoms with Crippen molar-refractivity contribution in [1.29, 1.82) is 0 Å². The highest BCUT2D eigenvalue weighted by Crippen LogP contribution is 2.28. The van der Waals surface area contributed by atoms with Gasteiger partial charge in [-0.2, -0.15) is 0 Å². The maximum absolute atomic E-state index is 12.1. The summed E-state index contributed by atoms with van der Waals surface area (Å²) in [6.07, 6.45) is 5.32. The summed E-state index contributed by atoms with van der Waals surface area (Å²) in [5, 5.41) is 5.83. The lowest BCUT2D eigenvalue weighted by molar-refractivity contribution is -0.122. The van der Waals surface area contributed by atoms with Crippen LogP contribution in [0.2, 0.25) is 0 Å². The number of hydrogen-bond acceptors (Lipinski definition) is 4. The summed E-state index contributed by atoms with van der Waals surface area (Å²) in [5.74, 6) is 1.08. The maximum Gasteiger partial charge on any atom is 0.293 e. The molecule has 1 aliphatic carbocycles. The SMILES string of the molecule is CC(C)Cn1ccnc(NCCNC(=O)C2CC2)c1=O. The summed E-state index contributed by atoms with van der Waals surface area (Å²) < 4.78 is 1.66. The lowest BCUT2D eigenvalue weighted by atomic mass is 10.2. The van der Waals surface area contributed by atoms with Gasteiger partial charge in [0.25, 0.3) is 5.56 Å². The minimum atomic E-state index is -0.116. The van der Waals surface area contributed by atoms with Gasteiger partial charge in [0.1, 0.15) is 0 Å². The number of nitrogens with zero attached hydrogens (tertiary/aromatic N) is 2. The van der Waals surface area contributed by atoms with E-state index in [0.29, 0.717) is 31.4 Å². The zero-order valence-electron chi connectivity index (χ0n) is 12.1. The molecule has 0 atom stereocenters. The van der Waals surface area contributed by atoms with Gasteiger partial charge in [-0.05, 0) is 18.8 Å². The number of anilines is 1. The first-order chi connectivity index (χ1) is 9.58. The maximum atomic E-state index is 12.1. The molecule has 1 fully saturated rings. The number of amides is 1. The van der Waals surface area contributed by atoms with Crippen molar-refractivity contribution in [2.75, 3.05) is 18.4 Å². The van der Waals surface area contributed by atoms with Crippen LogP contribution in [0, 0.1) is 11.8 Å². The predicted octanol–water partition coefficient (Wildman–Crippen LogP) is 0.837. The van der Waals surface area contributed by atoms with Crippen LogP contribution in [0.4, 0.5) is 5.82 Å². The van der Waals surface area contributed by atoms with E-state index in [1.807, 2.05) is 0 Å². The molecule has 0 spiro atoms. The topological polar surface area (TPSA) is 76.0 Å². The van der Waals surface area contributed by atoms with Crippen LogP contribution in [0.15, 0.2) is 17.2 Å². The van der Waals surface area contributed by atoms with E-state index in [9.17, 15) is 9.59 Å². The number of hydrogen-bond donors (Lipinski definition) is 2. The van der Waals surface area contributed by atoms with Crippen LogP contribution in [-0.2, 0) is 11.3 Å². The monoisotopic (exact) mass is 278 g/mol. The first kappa shape index (κ1) is 14.6. The molecule has 0 radical (unpaired) electrons. The van der Waals surface area contributed by atoms with E-state index in [4.69, 9.17) is 0 Å². The molecule has 20 heavy (non-hydrogen) atoms. The summed E-state index contributed by atoms with van der Waals surface area (Å²) in [7, 11) is 0. The quantitative estimate of drug-likeness (QED) is 0.725. The van der Waals surface area contributed by atoms with Gasteiger partial charge in [-0.25, -0.2) is 4.98 Å². The van der Waals surface area contributed by atoms with Gasteiger partial charge in [0.2, 0.25) is 5.91 Å². The summed E-state index contributed by atoms with van der Waals surface area (Å²) in [4.78, 5) is 27.6. The molecule has 1 saturated carbocycles. The summed E-state index contributed by atoms with van der Waals surface area (Å²) >= 11 is 0. The third-order valence-corrected chi connectivity index (χ3v) is 3.14. The van der Waals surface area contributed by atoms with E-state index in [1.165, 1.54) is 0 Å². The highest BCUT2D eigenvalue weighted by atomic mass is 16.2. The van der Waals surface area contributed by atoms with Gasteiger partial charge < -0.3 is 15.2 Å². The first-order valence-corrected chi connectivity index (χ1v) is 7.15. The highest BCUT2D eigenvalue weighted by molar-refractivity contribution is 5.80. The van der Waals surface area contributed by atoms with E-state index in [1.54, 1.807) is 17.0 Å². The van der Waals surface area contributed by atoms with Crippen molar-refractivity contribution >= 4 is 11.7 Å². The average Bonchev–Trinajstić information content (AvgIpc) is 3.22. The largest absolute Gasteiger partial charge is 0.364 e. The highest BCUT2D eigenvalue weighted by Gasteiger charge is 2.28. The van der Waals surface area contributed by atoms with Crippen molar-refractivity contribution in [3.8, 4) is 0 Å². The number of carbonyl (C=O) groups is 1. The Balaban J connectivity index is 1.82. The van der Waals surface area contributed by atoms with Crippen LogP contribution >= 0.6 is 0 Å². The third-order valence-electron chi connectivity index (χ3n) is 3.14. The van der Waals surface area contributed by atoms with E-state index >= 15 is 0 Å². The second kappa shape index (κ2) is 6.54. The molecular weight excluding hydrogens is 256 g/mol. The summed E-state index contributed by atoms with van der Waals surface area (Å²) in [5.41, 5.74) is -0.116. The smallest absolute Gasteiger partial charge is 0.293 e. The lowest BCUT2D eigenvalue weighted by Gasteiger charge is -2.11. The second-order valence-electron chi connectivity index (χ2n) is 5.62. The molecule has 0 bridgehead atoms. The Labute approximate surface area is 118 Å². The Morgan fingerprint density at radius 1 is 1.45 bits per heavy atom. The molecule has 2 rings (SSSR count). The molecule has 1 amide bonds. The fourth-order valence-corrected chi connectivity index (χ4v) is 1.96. The molecule has 1 aromatic heterocycles. The molecule has 6 nitrogen and oxygen atoms in total. The van der Waals surface area contributed by atoms with E-state index in [-0.39, 0.29) is 17.4 Å². The molecule has 2 N–H and O–H groups in total. The third kappa shape index (κ3) is 4.08. The number of nitrogens with one attached hydrogen (secondary N) is 2. The van der Waals surface area contributed by atoms with E-state index < -0.39 is 0 Å². The Hall–Kier alpha value is -1.85. The standard InChI is InChI=1S/C14H22N4O2/c1-10(2)9-18-8-7-16-12(14(18)20)15-5-6-17-13(19)11-3-4-11/h7-8,10-11H,3-6,9H2,1-2H3,(H,15,16)(H,17,19). The van der Waals surface area contributed by atoms with Crippen molar-refractivity contribution in [3.05, 3.63) is 22.7 Å². The number of rotatable bonds is 7. The second-order valence-corrected chi connectivity index (χ2v) is 5.62. The van der Waals surface area contributed by atoms with Gasteiger partial charge in [0, 0.05) is 37.9 Å². The summed E-state index contributed by atoms with van der Waals surface area (Å²) in [6, 6.07) is 0. The van der Waals surface area contributed by atoms with E-state index in [2.05, 4.69) is 29.5 Å². The fourth-order valence-electron chi connectivity index (χ4n) is 1.96. The van der Waals surface area contributed by atoms with Crippen LogP contribution < -0.4 is 16.2 Å². The molecule has 0 aromatic carbocycles. The van der Waals surface area contributed by atoms with Crippen LogP contribution in [-0.4, -0.2) is 28.5 Å². The minimum Gasteiger partial charge on any atom is -0.364 e. The van der Waals surface area contributed by atoms with Crippen LogP contribution in [0.3, 0.4) is 0 Å². The normalized spacial score (nSPS) is 14.3. The van der Waals surface area contributed by atoms with Gasteiger partial charge in [0.15, 0.2) is 5.82 Å². The molecule has 0 saturated heterocycles. The lowest BCUT2D eigenvalue weighted by Crippen LogP contribution is -2.32. The van der Waals surface area contributed by atoms with Gasteiger partial charge in [-0.15, -0.1) is 0 Å². The zero-order chi connectivity index (χ0) is 14.5. The Morgan fingerprint density at radius 2 is 2.20 bits per heavy atom. The van der Waals surface area contributed by atoms with Crippen LogP contribution in [0.25, 0.3) is 0 Å². The van der Waals surface area contributed by atoms with Gasteiger partial charge in [0.05, 0.1) is 0 Å². The van der Waals surface area contributed by atoms with Gasteiger partial charge in [-0.1, -0.05) is 13.8 Å². The minimum absolute atomic E-state index is 0.116. The van der Waals surface area contributed by atoms with Crippen molar-refractivity contribution in [1.82, 2.24) is 14.9 Å². The Kier molecular flexibility index (Phi) is 4.76. The Bertz CT molecular complexity index is 520. The molecule has 1 aliphatic rings. The average molecular weight is 278 g/mol. The molecule has 0 unspecified atom stereocenters. The first-order valence-electron chi connectivity index (χ1n) is 7.15. The Morgan fingerprint density at radius 3 is 2.85 bits per heavy atom. The van der Waals surface area contributed by atoms with Crippen molar-refractivity contribution in [2.45, 2.75) is 33.2 Å². The van der Waals surface area contributed by atoms with Crippen LogP contribution in [0.1, 0.15) is 26.7 Å². The predicted molar refractivity (Wildman–Crippen MR) is 77.6 cm³/mol. The van der Waals surface area contributed by atoms with Crippen LogP contribution in [0.5, 0.6) is 0 Å². The molecular formula is C14H22N4O2. The molecule has 6 heteroatoms. The molecule has 1 heterocycles. The molecule has 1 aromatic rings. The molecule has 110 valence electrons. The zero-order valence-corrected chi connectivity index (χ0v) is 12.1. The number of aromatic nitrogens is 2. The molecule has 0 aliphatic heterocycles. The van der Waals surface area contributed by atoms with Gasteiger partial charge >= 0.3 is 0 Å². The van der Waals surface area contributed by atoms with Crippen molar-refractivity contribution in [2.24, 2.45) is 11.8 Å². The number of carbonyl (C=O) groups excluding carboxylic acids is 1. The summed E-state index contributed by atoms with van der Waals surface area (Å²) in [6.45, 7) is 5.82. The van der Waals surface area contributed by atoms with E-state index in [0.717, 1.165) is 12.8 Å². The van der Waals surface area contributed by atoms with Crippen molar-refractivity contribution in [3.63, 3.8) is 0 Å². The fraction of sp³-hybridized carbons (Fsp3) is 0.643. The van der Waals surface area contributed by atoms with Gasteiger partial charge in [-0.3, -0.25) is 9.59 Å². The van der Waals surface area contributed by atoms with Crippen molar-refractivity contribution < 1.29 is 4.79 Å².